The Bertz CT molecular complexity index is 1220. The molecule has 1 saturated heterocycles. The molecular formula is C22H28N6O4. The summed E-state index contributed by atoms with van der Waals surface area (Å²) in [7, 11) is 2.97. The van der Waals surface area contributed by atoms with E-state index in [9.17, 15) is 14.4 Å². The number of aromatic nitrogens is 4. The first-order valence-corrected chi connectivity index (χ1v) is 10.7. The lowest BCUT2D eigenvalue weighted by molar-refractivity contribution is -0.122. The van der Waals surface area contributed by atoms with Gasteiger partial charge in [-0.1, -0.05) is 30.3 Å². The molecule has 2 aromatic heterocycles. The average Bonchev–Trinajstić information content (AvgIpc) is 3.21. The molecule has 1 amide bonds. The Morgan fingerprint density at radius 2 is 1.81 bits per heavy atom. The zero-order chi connectivity index (χ0) is 22.8. The van der Waals surface area contributed by atoms with Crippen molar-refractivity contribution in [2.24, 2.45) is 14.1 Å². The van der Waals surface area contributed by atoms with Gasteiger partial charge in [0.15, 0.2) is 11.2 Å². The minimum atomic E-state index is -0.475. The molecule has 1 fully saturated rings. The first-order chi connectivity index (χ1) is 15.4. The number of benzene rings is 1. The minimum Gasteiger partial charge on any atom is -0.379 e. The third-order valence-corrected chi connectivity index (χ3v) is 5.97. The molecule has 170 valence electrons. The van der Waals surface area contributed by atoms with Gasteiger partial charge in [-0.3, -0.25) is 23.6 Å². The van der Waals surface area contributed by atoms with E-state index in [0.29, 0.717) is 13.2 Å². The molecule has 10 heteroatoms. The fraction of sp³-hybridized carbons (Fsp3) is 0.455. The third-order valence-electron chi connectivity index (χ3n) is 5.97. The number of hydrogen-bond donors (Lipinski definition) is 1. The smallest absolute Gasteiger partial charge is 0.332 e. The molecule has 4 rings (SSSR count). The van der Waals surface area contributed by atoms with Gasteiger partial charge in [0.1, 0.15) is 6.54 Å². The van der Waals surface area contributed by atoms with Crippen molar-refractivity contribution in [3.05, 3.63) is 63.1 Å². The van der Waals surface area contributed by atoms with Crippen LogP contribution in [0.1, 0.15) is 18.5 Å². The zero-order valence-corrected chi connectivity index (χ0v) is 18.5. The highest BCUT2D eigenvalue weighted by Gasteiger charge is 2.29. The largest absolute Gasteiger partial charge is 0.379 e. The molecule has 0 spiro atoms. The van der Waals surface area contributed by atoms with Crippen molar-refractivity contribution >= 4 is 17.1 Å². The number of hydrogen-bond acceptors (Lipinski definition) is 6. The molecule has 1 N–H and O–H groups in total. The monoisotopic (exact) mass is 440 g/mol. The van der Waals surface area contributed by atoms with Crippen LogP contribution in [0.4, 0.5) is 0 Å². The molecule has 3 heterocycles. The molecule has 2 atom stereocenters. The molecule has 1 aromatic carbocycles. The number of ether oxygens (including phenoxy) is 1. The Morgan fingerprint density at radius 1 is 1.12 bits per heavy atom. The second-order valence-corrected chi connectivity index (χ2v) is 8.11. The normalized spacial score (nSPS) is 16.7. The van der Waals surface area contributed by atoms with E-state index in [1.54, 1.807) is 7.05 Å². The van der Waals surface area contributed by atoms with E-state index in [1.807, 2.05) is 25.1 Å². The number of carbonyl (C=O) groups is 1. The van der Waals surface area contributed by atoms with Gasteiger partial charge in [-0.25, -0.2) is 9.78 Å². The molecule has 10 nitrogen and oxygen atoms in total. The molecule has 3 aromatic rings. The number of imidazole rings is 1. The lowest BCUT2D eigenvalue weighted by Gasteiger charge is -2.38. The maximum Gasteiger partial charge on any atom is 0.332 e. The van der Waals surface area contributed by atoms with Crippen LogP contribution in [0, 0.1) is 0 Å². The lowest BCUT2D eigenvalue weighted by atomic mass is 9.98. The summed E-state index contributed by atoms with van der Waals surface area (Å²) in [5.74, 6) is -0.234. The lowest BCUT2D eigenvalue weighted by Crippen LogP contribution is -2.49. The van der Waals surface area contributed by atoms with Crippen LogP contribution < -0.4 is 16.6 Å². The first-order valence-electron chi connectivity index (χ1n) is 10.7. The standard InChI is InChI=1S/C22H28N6O4/c1-15(18(16-7-5-4-6-8-16)27-9-11-32-12-10-27)24-17(29)13-28-14-23-20-19(28)21(30)26(3)22(31)25(20)2/h4-8,14-15,18H,9-13H2,1-3H3,(H,24,29). The van der Waals surface area contributed by atoms with Crippen LogP contribution in [-0.2, 0) is 30.2 Å². The van der Waals surface area contributed by atoms with Crippen LogP contribution in [-0.4, -0.2) is 61.8 Å². The van der Waals surface area contributed by atoms with Crippen molar-refractivity contribution in [2.75, 3.05) is 26.3 Å². The summed E-state index contributed by atoms with van der Waals surface area (Å²) >= 11 is 0. The number of morpholine rings is 1. The topological polar surface area (TPSA) is 103 Å². The Balaban J connectivity index is 1.56. The van der Waals surface area contributed by atoms with Crippen molar-refractivity contribution in [2.45, 2.75) is 25.6 Å². The molecule has 0 radical (unpaired) electrons. The number of rotatable bonds is 6. The quantitative estimate of drug-likeness (QED) is 0.579. The van der Waals surface area contributed by atoms with Crippen LogP contribution >= 0.6 is 0 Å². The molecule has 32 heavy (non-hydrogen) atoms. The van der Waals surface area contributed by atoms with Crippen LogP contribution in [0.25, 0.3) is 11.2 Å². The fourth-order valence-corrected chi connectivity index (χ4v) is 4.37. The second-order valence-electron chi connectivity index (χ2n) is 8.11. The summed E-state index contributed by atoms with van der Waals surface area (Å²) in [6, 6.07) is 9.92. The van der Waals surface area contributed by atoms with Crippen LogP contribution in [0.3, 0.4) is 0 Å². The van der Waals surface area contributed by atoms with Crippen molar-refractivity contribution in [3.8, 4) is 0 Å². The number of amides is 1. The van der Waals surface area contributed by atoms with Gasteiger partial charge in [-0.2, -0.15) is 0 Å². The number of aryl methyl sites for hydroxylation is 1. The number of nitrogens with one attached hydrogen (secondary N) is 1. The summed E-state index contributed by atoms with van der Waals surface area (Å²) < 4.78 is 9.31. The second kappa shape index (κ2) is 9.09. The Kier molecular flexibility index (Phi) is 6.24. The molecule has 0 saturated carbocycles. The van der Waals surface area contributed by atoms with E-state index in [1.165, 1.54) is 22.5 Å². The van der Waals surface area contributed by atoms with Gasteiger partial charge in [0.25, 0.3) is 5.56 Å². The van der Waals surface area contributed by atoms with E-state index in [4.69, 9.17) is 4.74 Å². The van der Waals surface area contributed by atoms with Crippen molar-refractivity contribution in [3.63, 3.8) is 0 Å². The van der Waals surface area contributed by atoms with Crippen molar-refractivity contribution in [1.82, 2.24) is 28.9 Å². The van der Waals surface area contributed by atoms with Gasteiger partial charge in [0.05, 0.1) is 25.6 Å². The third kappa shape index (κ3) is 4.11. The molecule has 2 unspecified atom stereocenters. The molecule has 1 aliphatic heterocycles. The van der Waals surface area contributed by atoms with Gasteiger partial charge < -0.3 is 14.6 Å². The summed E-state index contributed by atoms with van der Waals surface area (Å²) in [4.78, 5) is 44.2. The predicted octanol–water partition coefficient (Wildman–Crippen LogP) is 0.0119. The van der Waals surface area contributed by atoms with Gasteiger partial charge in [0, 0.05) is 33.2 Å². The summed E-state index contributed by atoms with van der Waals surface area (Å²) in [6.07, 6.45) is 1.42. The maximum absolute atomic E-state index is 13.0. The SMILES string of the molecule is CC(NC(=O)Cn1cnc2c1c(=O)n(C)c(=O)n2C)C(c1ccccc1)N1CCOCC1. The van der Waals surface area contributed by atoms with Crippen LogP contribution in [0.15, 0.2) is 46.2 Å². The van der Waals surface area contributed by atoms with Crippen molar-refractivity contribution < 1.29 is 9.53 Å². The highest BCUT2D eigenvalue weighted by molar-refractivity contribution is 5.79. The number of carbonyl (C=O) groups excluding carboxylic acids is 1. The Hall–Kier alpha value is -3.24. The fourth-order valence-electron chi connectivity index (χ4n) is 4.37. The van der Waals surface area contributed by atoms with Gasteiger partial charge in [0.2, 0.25) is 5.91 Å². The highest BCUT2D eigenvalue weighted by Crippen LogP contribution is 2.25. The van der Waals surface area contributed by atoms with Crippen LogP contribution in [0.2, 0.25) is 0 Å². The summed E-state index contributed by atoms with van der Waals surface area (Å²) in [5.41, 5.74) is 0.678. The number of fused-ring (bicyclic) bond motifs is 1. The maximum atomic E-state index is 13.0. The predicted molar refractivity (Wildman–Crippen MR) is 119 cm³/mol. The Morgan fingerprint density at radius 3 is 2.50 bits per heavy atom. The zero-order valence-electron chi connectivity index (χ0n) is 18.5. The van der Waals surface area contributed by atoms with Crippen molar-refractivity contribution in [1.29, 1.82) is 0 Å². The molecular weight excluding hydrogens is 412 g/mol. The first kappa shape index (κ1) is 22.0. The van der Waals surface area contributed by atoms with E-state index < -0.39 is 11.2 Å². The highest BCUT2D eigenvalue weighted by atomic mass is 16.5. The van der Waals surface area contributed by atoms with E-state index in [-0.39, 0.29) is 35.7 Å². The van der Waals surface area contributed by atoms with Crippen LogP contribution in [0.5, 0.6) is 0 Å². The molecule has 0 bridgehead atoms. The minimum absolute atomic E-state index is 0.00253. The van der Waals surface area contributed by atoms with Gasteiger partial charge in [-0.05, 0) is 12.5 Å². The summed E-state index contributed by atoms with van der Waals surface area (Å²) in [6.45, 7) is 4.81. The van der Waals surface area contributed by atoms with Gasteiger partial charge >= 0.3 is 5.69 Å². The van der Waals surface area contributed by atoms with E-state index in [2.05, 4.69) is 27.3 Å². The summed E-state index contributed by atoms with van der Waals surface area (Å²) in [5, 5.41) is 3.09. The van der Waals surface area contributed by atoms with E-state index in [0.717, 1.165) is 23.2 Å². The molecule has 1 aliphatic rings. The number of nitrogens with zero attached hydrogens (tertiary/aromatic N) is 5. The Labute approximate surface area is 185 Å². The molecule has 0 aliphatic carbocycles. The average molecular weight is 441 g/mol. The van der Waals surface area contributed by atoms with Gasteiger partial charge in [-0.15, -0.1) is 0 Å². The van der Waals surface area contributed by atoms with E-state index >= 15 is 0 Å².